The molecule has 39 heavy (non-hydrogen) atoms. The lowest BCUT2D eigenvalue weighted by Gasteiger charge is -2.29. The standard InChI is InChI=1S/C23H22ClF4N5O5S/c1-32(15-3-6-17(7-4-15)38-23(26,27)28)39(35,36)19-8-5-16(11-29-19)33-21(34)20(24)18(12-31-33)30-13-22(25)9-2-10-37-14-22/h3-8,11-12,30H,2,9-10,13-14H2,1H3/t22-/m0/s1/i1D3. The van der Waals surface area contributed by atoms with E-state index in [1.54, 1.807) is 0 Å². The number of sulfonamides is 1. The van der Waals surface area contributed by atoms with Crippen molar-refractivity contribution in [1.82, 2.24) is 14.8 Å². The Morgan fingerprint density at radius 2 is 2.00 bits per heavy atom. The maximum Gasteiger partial charge on any atom is 0.573 e. The molecule has 1 saturated heterocycles. The van der Waals surface area contributed by atoms with E-state index in [1.165, 1.54) is 6.20 Å². The number of alkyl halides is 4. The monoisotopic (exact) mass is 594 g/mol. The molecule has 3 heterocycles. The van der Waals surface area contributed by atoms with Gasteiger partial charge in [-0.25, -0.2) is 9.37 Å². The minimum atomic E-state index is -5.01. The minimum absolute atomic E-state index is 0.0100. The van der Waals surface area contributed by atoms with Crippen molar-refractivity contribution in [2.24, 2.45) is 0 Å². The first-order valence-electron chi connectivity index (χ1n) is 12.7. The van der Waals surface area contributed by atoms with Crippen molar-refractivity contribution >= 4 is 33.0 Å². The maximum atomic E-state index is 14.8. The zero-order chi connectivity index (χ0) is 30.9. The van der Waals surface area contributed by atoms with E-state index in [-0.39, 0.29) is 40.3 Å². The van der Waals surface area contributed by atoms with E-state index in [4.69, 9.17) is 20.5 Å². The topological polar surface area (TPSA) is 116 Å². The summed E-state index contributed by atoms with van der Waals surface area (Å²) in [6.45, 7) is -3.13. The van der Waals surface area contributed by atoms with Crippen LogP contribution in [-0.2, 0) is 14.8 Å². The van der Waals surface area contributed by atoms with Gasteiger partial charge < -0.3 is 14.8 Å². The second-order valence-corrected chi connectivity index (χ2v) is 10.5. The number of ether oxygens (including phenoxy) is 2. The van der Waals surface area contributed by atoms with Crippen LogP contribution in [0.25, 0.3) is 5.69 Å². The third-order valence-electron chi connectivity index (χ3n) is 5.56. The van der Waals surface area contributed by atoms with Crippen LogP contribution in [0.1, 0.15) is 17.0 Å². The van der Waals surface area contributed by atoms with Gasteiger partial charge in [-0.1, -0.05) is 11.6 Å². The van der Waals surface area contributed by atoms with Crippen LogP contribution in [-0.4, -0.2) is 61.9 Å². The number of nitrogens with one attached hydrogen (secondary N) is 1. The average Bonchev–Trinajstić information content (AvgIpc) is 2.89. The van der Waals surface area contributed by atoms with E-state index in [9.17, 15) is 30.8 Å². The smallest absolute Gasteiger partial charge is 0.406 e. The molecule has 0 unspecified atom stereocenters. The van der Waals surface area contributed by atoms with Crippen molar-refractivity contribution in [2.75, 3.05) is 36.4 Å². The molecule has 0 bridgehead atoms. The maximum absolute atomic E-state index is 14.8. The number of pyridine rings is 1. The highest BCUT2D eigenvalue weighted by atomic mass is 35.5. The third kappa shape index (κ3) is 6.59. The Morgan fingerprint density at radius 3 is 2.59 bits per heavy atom. The molecule has 0 radical (unpaired) electrons. The number of rotatable bonds is 8. The average molecular weight is 595 g/mol. The van der Waals surface area contributed by atoms with Gasteiger partial charge in [0.25, 0.3) is 15.6 Å². The van der Waals surface area contributed by atoms with Gasteiger partial charge in [0.1, 0.15) is 10.8 Å². The van der Waals surface area contributed by atoms with Crippen LogP contribution >= 0.6 is 11.6 Å². The Kier molecular flexibility index (Phi) is 6.92. The van der Waals surface area contributed by atoms with Crippen molar-refractivity contribution in [3.8, 4) is 11.4 Å². The van der Waals surface area contributed by atoms with Gasteiger partial charge in [0.15, 0.2) is 10.7 Å². The van der Waals surface area contributed by atoms with Crippen LogP contribution in [0.4, 0.5) is 28.9 Å². The number of hydrogen-bond acceptors (Lipinski definition) is 8. The molecule has 1 N–H and O–H groups in total. The van der Waals surface area contributed by atoms with Crippen molar-refractivity contribution in [3.05, 3.63) is 64.2 Å². The van der Waals surface area contributed by atoms with E-state index >= 15 is 0 Å². The van der Waals surface area contributed by atoms with Gasteiger partial charge in [0.05, 0.1) is 42.6 Å². The zero-order valence-electron chi connectivity index (χ0n) is 22.8. The largest absolute Gasteiger partial charge is 0.573 e. The Hall–Kier alpha value is -3.43. The van der Waals surface area contributed by atoms with Crippen LogP contribution in [0.15, 0.2) is 58.6 Å². The van der Waals surface area contributed by atoms with Crippen LogP contribution in [0.5, 0.6) is 5.75 Å². The van der Waals surface area contributed by atoms with Crippen molar-refractivity contribution in [1.29, 1.82) is 0 Å². The number of benzene rings is 1. The number of anilines is 2. The summed E-state index contributed by atoms with van der Waals surface area (Å²) in [6, 6.07) is 5.19. The fourth-order valence-corrected chi connectivity index (χ4v) is 4.83. The second kappa shape index (κ2) is 11.0. The lowest BCUT2D eigenvalue weighted by Crippen LogP contribution is -2.40. The minimum Gasteiger partial charge on any atom is -0.406 e. The van der Waals surface area contributed by atoms with Crippen LogP contribution in [0, 0.1) is 0 Å². The van der Waals surface area contributed by atoms with Gasteiger partial charge >= 0.3 is 6.36 Å². The molecule has 0 amide bonds. The molecule has 10 nitrogen and oxygen atoms in total. The SMILES string of the molecule is [2H]C([2H])([2H])N(c1ccc(OC(F)(F)F)cc1)S(=O)(=O)c1ccc(-n2ncc(NC[C@@]3(F)CCCOC3)c(Cl)c2=O)cn1. The van der Waals surface area contributed by atoms with E-state index in [2.05, 4.69) is 20.1 Å². The second-order valence-electron chi connectivity index (χ2n) is 8.42. The van der Waals surface area contributed by atoms with Crippen molar-refractivity contribution in [3.63, 3.8) is 0 Å². The summed E-state index contributed by atoms with van der Waals surface area (Å²) >= 11 is 6.18. The Bertz CT molecular complexity index is 1580. The molecule has 2 aromatic heterocycles. The summed E-state index contributed by atoms with van der Waals surface area (Å²) in [5, 5.41) is 5.64. The van der Waals surface area contributed by atoms with E-state index in [1.807, 2.05) is 0 Å². The molecule has 3 aromatic rings. The molecule has 1 aliphatic heterocycles. The lowest BCUT2D eigenvalue weighted by atomic mass is 9.99. The highest BCUT2D eigenvalue weighted by Gasteiger charge is 2.33. The Balaban J connectivity index is 1.58. The van der Waals surface area contributed by atoms with Crippen molar-refractivity contribution < 1.29 is 39.6 Å². The normalized spacial score (nSPS) is 19.5. The molecule has 0 aliphatic carbocycles. The summed E-state index contributed by atoms with van der Waals surface area (Å²) in [5.74, 6) is -0.693. The van der Waals surface area contributed by atoms with Gasteiger partial charge in [-0.3, -0.25) is 9.10 Å². The van der Waals surface area contributed by atoms with Gasteiger partial charge in [-0.2, -0.15) is 18.2 Å². The molecule has 1 aromatic carbocycles. The van der Waals surface area contributed by atoms with Crippen LogP contribution in [0.3, 0.4) is 0 Å². The summed E-state index contributed by atoms with van der Waals surface area (Å²) in [6.07, 6.45) is -2.11. The first-order chi connectivity index (χ1) is 19.5. The summed E-state index contributed by atoms with van der Waals surface area (Å²) in [7, 11) is -4.90. The van der Waals surface area contributed by atoms with Gasteiger partial charge in [-0.15, -0.1) is 13.2 Å². The first-order valence-corrected chi connectivity index (χ1v) is 13.0. The Labute approximate surface area is 229 Å². The molecule has 1 aliphatic rings. The Morgan fingerprint density at radius 1 is 1.26 bits per heavy atom. The molecule has 0 spiro atoms. The highest BCUT2D eigenvalue weighted by molar-refractivity contribution is 7.92. The number of hydrogen-bond donors (Lipinski definition) is 1. The third-order valence-corrected chi connectivity index (χ3v) is 7.39. The highest BCUT2D eigenvalue weighted by Crippen LogP contribution is 2.28. The number of aromatic nitrogens is 3. The quantitative estimate of drug-likeness (QED) is 0.390. The molecule has 1 fully saturated rings. The fraction of sp³-hybridized carbons (Fsp3) is 0.348. The van der Waals surface area contributed by atoms with Gasteiger partial charge in [0.2, 0.25) is 0 Å². The predicted octanol–water partition coefficient (Wildman–Crippen LogP) is 3.94. The predicted molar refractivity (Wildman–Crippen MR) is 134 cm³/mol. The molecule has 4 rings (SSSR count). The molecule has 1 atom stereocenters. The fourth-order valence-electron chi connectivity index (χ4n) is 3.62. The molecular weight excluding hydrogens is 570 g/mol. The van der Waals surface area contributed by atoms with Crippen LogP contribution in [0.2, 0.25) is 5.02 Å². The van der Waals surface area contributed by atoms with Gasteiger partial charge in [0, 0.05) is 17.7 Å². The first kappa shape index (κ1) is 24.6. The van der Waals surface area contributed by atoms with E-state index in [0.717, 1.165) is 47.3 Å². The molecule has 16 heteroatoms. The van der Waals surface area contributed by atoms with Gasteiger partial charge in [-0.05, 0) is 49.2 Å². The molecule has 210 valence electrons. The molecule has 0 saturated carbocycles. The van der Waals surface area contributed by atoms with Crippen LogP contribution < -0.4 is 19.9 Å². The summed E-state index contributed by atoms with van der Waals surface area (Å²) < 4.78 is 112. The summed E-state index contributed by atoms with van der Waals surface area (Å²) in [4.78, 5) is 16.6. The number of nitrogens with zero attached hydrogens (tertiary/aromatic N) is 4. The van der Waals surface area contributed by atoms with E-state index in [0.29, 0.717) is 13.0 Å². The molecular formula is C23H22ClF4N5O5S. The van der Waals surface area contributed by atoms with Crippen molar-refractivity contribution in [2.45, 2.75) is 29.9 Å². The zero-order valence-corrected chi connectivity index (χ0v) is 21.4. The number of halogens is 5. The summed E-state index contributed by atoms with van der Waals surface area (Å²) in [5.41, 5.74) is -2.95. The van der Waals surface area contributed by atoms with E-state index < -0.39 is 51.1 Å². The lowest BCUT2D eigenvalue weighted by molar-refractivity contribution is -0.274.